The second-order valence-corrected chi connectivity index (χ2v) is 4.04. The Morgan fingerprint density at radius 2 is 2.00 bits per heavy atom. The summed E-state index contributed by atoms with van der Waals surface area (Å²) < 4.78 is 5.40. The molecule has 2 heterocycles. The Bertz CT molecular complexity index is 686. The molecule has 0 aliphatic carbocycles. The normalized spacial score (nSPS) is 10.9. The van der Waals surface area contributed by atoms with E-state index in [1.165, 1.54) is 0 Å². The minimum atomic E-state index is 0.711. The van der Waals surface area contributed by atoms with Gasteiger partial charge in [-0.15, -0.1) is 0 Å². The lowest BCUT2D eigenvalue weighted by atomic mass is 9.99. The van der Waals surface area contributed by atoms with Crippen LogP contribution in [0, 0.1) is 6.92 Å². The van der Waals surface area contributed by atoms with E-state index in [0.717, 1.165) is 27.7 Å². The van der Waals surface area contributed by atoms with E-state index in [4.69, 9.17) is 10.2 Å². The third-order valence-electron chi connectivity index (χ3n) is 3.04. The van der Waals surface area contributed by atoms with Gasteiger partial charge in [-0.2, -0.15) is 0 Å². The molecule has 0 bridgehead atoms. The van der Waals surface area contributed by atoms with Crippen LogP contribution in [0.2, 0.25) is 0 Å². The predicted octanol–water partition coefficient (Wildman–Crippen LogP) is 3.39. The van der Waals surface area contributed by atoms with Crippen LogP contribution in [0.3, 0.4) is 0 Å². The van der Waals surface area contributed by atoms with Crippen LogP contribution < -0.4 is 5.73 Å². The minimum absolute atomic E-state index is 0.711. The molecule has 0 aliphatic rings. The number of nitrogens with zero attached hydrogens (tertiary/aromatic N) is 1. The Balaban J connectivity index is 2.34. The summed E-state index contributed by atoms with van der Waals surface area (Å²) in [5.74, 6) is 0. The van der Waals surface area contributed by atoms with Crippen LogP contribution in [0.15, 0.2) is 47.3 Å². The number of furan rings is 1. The van der Waals surface area contributed by atoms with Gasteiger partial charge >= 0.3 is 0 Å². The average Bonchev–Trinajstić information content (AvgIpc) is 2.81. The average molecular weight is 224 g/mol. The van der Waals surface area contributed by atoms with Gasteiger partial charge in [-0.1, -0.05) is 12.1 Å². The molecule has 1 aromatic carbocycles. The van der Waals surface area contributed by atoms with E-state index < -0.39 is 0 Å². The molecule has 0 atom stereocenters. The lowest BCUT2D eigenvalue weighted by Gasteiger charge is -2.08. The summed E-state index contributed by atoms with van der Waals surface area (Å²) in [5.41, 5.74) is 10.7. The van der Waals surface area contributed by atoms with Gasteiger partial charge in [0.25, 0.3) is 0 Å². The molecule has 3 nitrogen and oxygen atoms in total. The van der Waals surface area contributed by atoms with Crippen molar-refractivity contribution in [3.05, 3.63) is 48.5 Å². The molecule has 2 aromatic heterocycles. The first kappa shape index (κ1) is 9.90. The van der Waals surface area contributed by atoms with Crippen molar-refractivity contribution in [2.24, 2.45) is 0 Å². The fourth-order valence-electron chi connectivity index (χ4n) is 2.04. The van der Waals surface area contributed by atoms with Gasteiger partial charge in [0.05, 0.1) is 18.1 Å². The number of fused-ring (bicyclic) bond motifs is 1. The molecular weight excluding hydrogens is 212 g/mol. The molecule has 17 heavy (non-hydrogen) atoms. The van der Waals surface area contributed by atoms with Crippen LogP contribution in [-0.2, 0) is 0 Å². The molecule has 0 unspecified atom stereocenters. The number of rotatable bonds is 1. The number of nitrogens with two attached hydrogens (primary N) is 1. The molecule has 0 saturated heterocycles. The van der Waals surface area contributed by atoms with E-state index in [1.807, 2.05) is 31.3 Å². The summed E-state index contributed by atoms with van der Waals surface area (Å²) in [6.45, 7) is 2.01. The quantitative estimate of drug-likeness (QED) is 0.689. The van der Waals surface area contributed by atoms with Gasteiger partial charge in [0.1, 0.15) is 5.58 Å². The maximum atomic E-state index is 5.89. The van der Waals surface area contributed by atoms with E-state index in [-0.39, 0.29) is 0 Å². The standard InChI is InChI=1S/C14H12N2O/c1-9-12(7-16-8-13(9)15)10-3-2-4-14-11(10)5-6-17-14/h2-8H,15H2,1H3. The first-order valence-corrected chi connectivity index (χ1v) is 5.44. The smallest absolute Gasteiger partial charge is 0.134 e. The van der Waals surface area contributed by atoms with Gasteiger partial charge < -0.3 is 10.2 Å². The Morgan fingerprint density at radius 3 is 2.88 bits per heavy atom. The Kier molecular flexibility index (Phi) is 2.11. The zero-order chi connectivity index (χ0) is 11.8. The Morgan fingerprint density at radius 1 is 1.12 bits per heavy atom. The van der Waals surface area contributed by atoms with Crippen molar-refractivity contribution < 1.29 is 4.42 Å². The topological polar surface area (TPSA) is 52.0 Å². The zero-order valence-electron chi connectivity index (χ0n) is 9.47. The number of pyridine rings is 1. The van der Waals surface area contributed by atoms with Crippen molar-refractivity contribution in [1.82, 2.24) is 4.98 Å². The number of hydrogen-bond acceptors (Lipinski definition) is 3. The number of hydrogen-bond donors (Lipinski definition) is 1. The predicted molar refractivity (Wildman–Crippen MR) is 68.6 cm³/mol. The minimum Gasteiger partial charge on any atom is -0.464 e. The van der Waals surface area contributed by atoms with Gasteiger partial charge in [0.15, 0.2) is 0 Å². The number of nitrogen functional groups attached to an aromatic ring is 1. The van der Waals surface area contributed by atoms with Crippen molar-refractivity contribution in [2.75, 3.05) is 5.73 Å². The van der Waals surface area contributed by atoms with Crippen LogP contribution in [0.25, 0.3) is 22.1 Å². The third kappa shape index (κ3) is 1.47. The molecule has 3 rings (SSSR count). The molecule has 0 aliphatic heterocycles. The van der Waals surface area contributed by atoms with Crippen LogP contribution in [0.4, 0.5) is 5.69 Å². The monoisotopic (exact) mass is 224 g/mol. The summed E-state index contributed by atoms with van der Waals surface area (Å²) >= 11 is 0. The maximum absolute atomic E-state index is 5.89. The molecule has 0 fully saturated rings. The van der Waals surface area contributed by atoms with E-state index >= 15 is 0 Å². The van der Waals surface area contributed by atoms with Crippen LogP contribution in [-0.4, -0.2) is 4.98 Å². The number of aromatic nitrogens is 1. The van der Waals surface area contributed by atoms with Gasteiger partial charge in [-0.05, 0) is 30.2 Å². The van der Waals surface area contributed by atoms with Crippen molar-refractivity contribution in [3.8, 4) is 11.1 Å². The van der Waals surface area contributed by atoms with Crippen molar-refractivity contribution >= 4 is 16.7 Å². The number of anilines is 1. The summed E-state index contributed by atoms with van der Waals surface area (Å²) in [6.07, 6.45) is 5.21. The van der Waals surface area contributed by atoms with Crippen LogP contribution in [0.5, 0.6) is 0 Å². The molecule has 0 saturated carbocycles. The van der Waals surface area contributed by atoms with Crippen molar-refractivity contribution in [2.45, 2.75) is 6.92 Å². The van der Waals surface area contributed by atoms with E-state index in [2.05, 4.69) is 11.1 Å². The highest BCUT2D eigenvalue weighted by molar-refractivity contribution is 5.95. The second kappa shape index (κ2) is 3.63. The van der Waals surface area contributed by atoms with E-state index in [0.29, 0.717) is 5.69 Å². The largest absolute Gasteiger partial charge is 0.464 e. The first-order chi connectivity index (χ1) is 8.27. The lowest BCUT2D eigenvalue weighted by molar-refractivity contribution is 0.616. The first-order valence-electron chi connectivity index (χ1n) is 5.44. The van der Waals surface area contributed by atoms with Gasteiger partial charge in [0, 0.05) is 17.1 Å². The summed E-state index contributed by atoms with van der Waals surface area (Å²) in [7, 11) is 0. The highest BCUT2D eigenvalue weighted by Gasteiger charge is 2.09. The SMILES string of the molecule is Cc1c(N)cncc1-c1cccc2occc12. The highest BCUT2D eigenvalue weighted by Crippen LogP contribution is 2.32. The Hall–Kier alpha value is -2.29. The Labute approximate surface area is 98.9 Å². The molecule has 3 heteroatoms. The van der Waals surface area contributed by atoms with Crippen LogP contribution in [0.1, 0.15) is 5.56 Å². The molecule has 0 spiro atoms. The summed E-state index contributed by atoms with van der Waals surface area (Å²) in [4.78, 5) is 4.16. The molecule has 0 amide bonds. The van der Waals surface area contributed by atoms with Gasteiger partial charge in [-0.3, -0.25) is 4.98 Å². The maximum Gasteiger partial charge on any atom is 0.134 e. The molecule has 0 radical (unpaired) electrons. The fourth-order valence-corrected chi connectivity index (χ4v) is 2.04. The van der Waals surface area contributed by atoms with Crippen molar-refractivity contribution in [1.29, 1.82) is 0 Å². The van der Waals surface area contributed by atoms with E-state index in [9.17, 15) is 0 Å². The second-order valence-electron chi connectivity index (χ2n) is 4.04. The van der Waals surface area contributed by atoms with Crippen molar-refractivity contribution in [3.63, 3.8) is 0 Å². The van der Waals surface area contributed by atoms with Gasteiger partial charge in [-0.25, -0.2) is 0 Å². The fraction of sp³-hybridized carbons (Fsp3) is 0.0714. The molecule has 84 valence electrons. The highest BCUT2D eigenvalue weighted by atomic mass is 16.3. The molecule has 2 N–H and O–H groups in total. The third-order valence-corrected chi connectivity index (χ3v) is 3.04. The van der Waals surface area contributed by atoms with Crippen LogP contribution >= 0.6 is 0 Å². The summed E-state index contributed by atoms with van der Waals surface area (Å²) in [6, 6.07) is 7.95. The molecule has 3 aromatic rings. The summed E-state index contributed by atoms with van der Waals surface area (Å²) in [5, 5.41) is 1.09. The van der Waals surface area contributed by atoms with Gasteiger partial charge in [0.2, 0.25) is 0 Å². The molecular formula is C14H12N2O. The lowest BCUT2D eigenvalue weighted by Crippen LogP contribution is -1.94. The number of benzene rings is 1. The zero-order valence-corrected chi connectivity index (χ0v) is 9.47. The van der Waals surface area contributed by atoms with E-state index in [1.54, 1.807) is 12.5 Å².